The first kappa shape index (κ1) is 27.3. The van der Waals surface area contributed by atoms with Crippen molar-refractivity contribution in [2.45, 2.75) is 19.9 Å². The average molecular weight is 580 g/mol. The average Bonchev–Trinajstić information content (AvgIpc) is 2.93. The lowest BCUT2D eigenvalue weighted by Crippen LogP contribution is -2.39. The number of aromatic nitrogens is 2. The van der Waals surface area contributed by atoms with Crippen LogP contribution in [0.15, 0.2) is 69.9 Å². The van der Waals surface area contributed by atoms with E-state index < -0.39 is 6.04 Å². The number of fused-ring (bicyclic) bond motifs is 1. The highest BCUT2D eigenvalue weighted by molar-refractivity contribution is 9.10. The van der Waals surface area contributed by atoms with Crippen LogP contribution in [0.1, 0.15) is 34.7 Å². The number of carbonyl (C=O) groups excluding carboxylic acids is 1. The number of aryl methyl sites for hydroxylation is 1. The zero-order valence-electron chi connectivity index (χ0n) is 22.0. The Morgan fingerprint density at radius 3 is 2.45 bits per heavy atom. The highest BCUT2D eigenvalue weighted by Crippen LogP contribution is 2.37. The molecule has 4 rings (SSSR count). The molecule has 38 heavy (non-hydrogen) atoms. The van der Waals surface area contributed by atoms with Gasteiger partial charge in [-0.15, -0.1) is 0 Å². The molecule has 0 saturated carbocycles. The van der Waals surface area contributed by atoms with E-state index >= 15 is 0 Å². The molecule has 0 fully saturated rings. The second-order valence-electron chi connectivity index (χ2n) is 8.77. The molecule has 0 N–H and O–H groups in total. The number of methoxy groups -OCH3 is 3. The fourth-order valence-corrected chi connectivity index (χ4v) is 4.99. The first-order chi connectivity index (χ1) is 18.3. The van der Waals surface area contributed by atoms with Gasteiger partial charge in [0, 0.05) is 31.4 Å². The van der Waals surface area contributed by atoms with Crippen molar-refractivity contribution in [1.29, 1.82) is 0 Å². The summed E-state index contributed by atoms with van der Waals surface area (Å²) in [6, 6.07) is 17.5. The third kappa shape index (κ3) is 5.16. The smallest absolute Gasteiger partial charge is 0.266 e. The van der Waals surface area contributed by atoms with Crippen molar-refractivity contribution < 1.29 is 19.0 Å². The molecule has 0 aliphatic carbocycles. The number of nitrogens with zero attached hydrogens (tertiary/aromatic N) is 3. The molecule has 0 bridgehead atoms. The van der Waals surface area contributed by atoms with Gasteiger partial charge in [-0.3, -0.25) is 14.2 Å². The van der Waals surface area contributed by atoms with Gasteiger partial charge in [0.05, 0.1) is 47.9 Å². The number of carbonyl (C=O) groups is 1. The number of hydrogen-bond donors (Lipinski definition) is 0. The van der Waals surface area contributed by atoms with Crippen LogP contribution in [0.3, 0.4) is 0 Å². The summed E-state index contributed by atoms with van der Waals surface area (Å²) in [5.74, 6) is 1.21. The monoisotopic (exact) mass is 579 g/mol. The molecular weight excluding hydrogens is 550 g/mol. The Balaban J connectivity index is 2.00. The van der Waals surface area contributed by atoms with Gasteiger partial charge in [0.25, 0.3) is 11.5 Å². The van der Waals surface area contributed by atoms with Gasteiger partial charge in [0.1, 0.15) is 17.3 Å². The van der Waals surface area contributed by atoms with Crippen molar-refractivity contribution in [1.82, 2.24) is 14.5 Å². The first-order valence-corrected chi connectivity index (χ1v) is 12.9. The number of rotatable bonds is 9. The fraction of sp³-hybridized carbons (Fsp3) is 0.276. The molecule has 1 atom stereocenters. The molecule has 1 unspecified atom stereocenters. The summed E-state index contributed by atoms with van der Waals surface area (Å²) in [5, 5.41) is 0.450. The van der Waals surface area contributed by atoms with Crippen molar-refractivity contribution in [3.8, 4) is 17.2 Å². The van der Waals surface area contributed by atoms with Crippen LogP contribution in [-0.2, 0) is 4.74 Å². The molecular formula is C29H30BrN3O5. The maximum absolute atomic E-state index is 14.0. The van der Waals surface area contributed by atoms with Crippen LogP contribution < -0.4 is 15.0 Å². The largest absolute Gasteiger partial charge is 0.497 e. The SMILES string of the molecule is COCCN(C(=O)c1ccccc1C)C(C)c1nc2ccccc2c(=O)n1-c1cc(OC)cc(OC)c1Br. The molecule has 9 heteroatoms. The molecule has 1 aromatic heterocycles. The lowest BCUT2D eigenvalue weighted by Gasteiger charge is -2.31. The van der Waals surface area contributed by atoms with Gasteiger partial charge in [0.15, 0.2) is 0 Å². The van der Waals surface area contributed by atoms with E-state index in [1.54, 1.807) is 62.6 Å². The van der Waals surface area contributed by atoms with Crippen LogP contribution in [0.5, 0.6) is 11.5 Å². The number of amides is 1. The van der Waals surface area contributed by atoms with E-state index in [9.17, 15) is 9.59 Å². The minimum Gasteiger partial charge on any atom is -0.497 e. The van der Waals surface area contributed by atoms with Crippen molar-refractivity contribution >= 4 is 32.7 Å². The van der Waals surface area contributed by atoms with Crippen molar-refractivity contribution in [3.05, 3.63) is 92.4 Å². The lowest BCUT2D eigenvalue weighted by molar-refractivity contribution is 0.0604. The first-order valence-electron chi connectivity index (χ1n) is 12.1. The molecule has 198 valence electrons. The maximum atomic E-state index is 14.0. The van der Waals surface area contributed by atoms with Crippen molar-refractivity contribution in [2.75, 3.05) is 34.5 Å². The molecule has 0 aliphatic rings. The van der Waals surface area contributed by atoms with Crippen LogP contribution >= 0.6 is 15.9 Å². The topological polar surface area (TPSA) is 82.9 Å². The Labute approximate surface area is 229 Å². The number of benzene rings is 3. The van der Waals surface area contributed by atoms with E-state index in [2.05, 4.69) is 15.9 Å². The van der Waals surface area contributed by atoms with Gasteiger partial charge in [-0.2, -0.15) is 0 Å². The zero-order valence-corrected chi connectivity index (χ0v) is 23.6. The third-order valence-corrected chi connectivity index (χ3v) is 7.30. The Bertz CT molecular complexity index is 1530. The normalized spacial score (nSPS) is 11.8. The molecule has 0 radical (unpaired) electrons. The molecule has 3 aromatic carbocycles. The molecule has 1 heterocycles. The number of para-hydroxylation sites is 1. The van der Waals surface area contributed by atoms with E-state index in [1.165, 1.54) is 4.57 Å². The van der Waals surface area contributed by atoms with Crippen LogP contribution in [-0.4, -0.2) is 54.8 Å². The summed E-state index contributed by atoms with van der Waals surface area (Å²) in [6.45, 7) is 4.38. The second-order valence-corrected chi connectivity index (χ2v) is 9.57. The second kappa shape index (κ2) is 11.8. The van der Waals surface area contributed by atoms with E-state index in [-0.39, 0.29) is 11.5 Å². The van der Waals surface area contributed by atoms with Gasteiger partial charge >= 0.3 is 0 Å². The summed E-state index contributed by atoms with van der Waals surface area (Å²) in [4.78, 5) is 34.5. The van der Waals surface area contributed by atoms with Gasteiger partial charge in [-0.05, 0) is 53.5 Å². The highest BCUT2D eigenvalue weighted by atomic mass is 79.9. The lowest BCUT2D eigenvalue weighted by atomic mass is 10.1. The summed E-state index contributed by atoms with van der Waals surface area (Å²) in [6.07, 6.45) is 0. The van der Waals surface area contributed by atoms with Crippen LogP contribution in [0.4, 0.5) is 0 Å². The summed E-state index contributed by atoms with van der Waals surface area (Å²) in [5.41, 5.74) is 2.19. The van der Waals surface area contributed by atoms with Gasteiger partial charge in [-0.25, -0.2) is 4.98 Å². The quantitative estimate of drug-likeness (QED) is 0.267. The van der Waals surface area contributed by atoms with Crippen LogP contribution in [0.25, 0.3) is 16.6 Å². The molecule has 8 nitrogen and oxygen atoms in total. The molecule has 4 aromatic rings. The summed E-state index contributed by atoms with van der Waals surface area (Å²) >= 11 is 3.61. The molecule has 1 amide bonds. The molecule has 0 saturated heterocycles. The van der Waals surface area contributed by atoms with Gasteiger partial charge in [-0.1, -0.05) is 30.3 Å². The van der Waals surface area contributed by atoms with E-state index in [0.717, 1.165) is 5.56 Å². The van der Waals surface area contributed by atoms with Crippen LogP contribution in [0.2, 0.25) is 0 Å². The zero-order chi connectivity index (χ0) is 27.4. The van der Waals surface area contributed by atoms with E-state index in [1.807, 2.05) is 38.1 Å². The summed E-state index contributed by atoms with van der Waals surface area (Å²) < 4.78 is 18.5. The number of ether oxygens (including phenoxy) is 3. The highest BCUT2D eigenvalue weighted by Gasteiger charge is 2.29. The Hall–Kier alpha value is -3.69. The Morgan fingerprint density at radius 2 is 1.76 bits per heavy atom. The molecule has 0 aliphatic heterocycles. The Morgan fingerprint density at radius 1 is 1.05 bits per heavy atom. The molecule has 0 spiro atoms. The van der Waals surface area contributed by atoms with Crippen LogP contribution in [0, 0.1) is 6.92 Å². The maximum Gasteiger partial charge on any atom is 0.266 e. The summed E-state index contributed by atoms with van der Waals surface area (Å²) in [7, 11) is 4.68. The van der Waals surface area contributed by atoms with Gasteiger partial charge < -0.3 is 19.1 Å². The van der Waals surface area contributed by atoms with Crippen molar-refractivity contribution in [3.63, 3.8) is 0 Å². The number of halogens is 1. The van der Waals surface area contributed by atoms with E-state index in [4.69, 9.17) is 19.2 Å². The van der Waals surface area contributed by atoms with Gasteiger partial charge in [0.2, 0.25) is 0 Å². The number of hydrogen-bond acceptors (Lipinski definition) is 6. The predicted molar refractivity (Wildman–Crippen MR) is 151 cm³/mol. The third-order valence-electron chi connectivity index (χ3n) is 6.51. The Kier molecular flexibility index (Phi) is 8.48. The standard InChI is InChI=1S/C29H30BrN3O5/c1-18-10-6-7-11-21(18)28(34)32(14-15-36-3)19(2)27-31-23-13-9-8-12-22(23)29(35)33(27)24-16-20(37-4)17-25(38-5)26(24)30/h6-13,16-17,19H,14-15H2,1-5H3. The predicted octanol–water partition coefficient (Wildman–Crippen LogP) is 5.32. The van der Waals surface area contributed by atoms with Crippen molar-refractivity contribution in [2.24, 2.45) is 0 Å². The fourth-order valence-electron chi connectivity index (χ4n) is 4.42. The minimum absolute atomic E-state index is 0.177. The minimum atomic E-state index is -0.598. The van der Waals surface area contributed by atoms with E-state index in [0.29, 0.717) is 57.1 Å².